The molecule has 1 atom stereocenters. The number of hydrogen-bond acceptors (Lipinski definition) is 8. The number of carbonyl (C=O) groups excluding carboxylic acids is 1. The highest BCUT2D eigenvalue weighted by atomic mass is 16.6. The van der Waals surface area contributed by atoms with Gasteiger partial charge in [-0.2, -0.15) is 0 Å². The third kappa shape index (κ3) is 37.0. The number of rotatable bonds is 42. The van der Waals surface area contributed by atoms with Crippen molar-refractivity contribution in [3.05, 3.63) is 0 Å². The van der Waals surface area contributed by atoms with Gasteiger partial charge in [0.1, 0.15) is 6.10 Å². The second-order valence-electron chi connectivity index (χ2n) is 14.5. The topological polar surface area (TPSA) is 97.7 Å². The van der Waals surface area contributed by atoms with Gasteiger partial charge in [0, 0.05) is 32.8 Å². The van der Waals surface area contributed by atoms with Gasteiger partial charge in [-0.3, -0.25) is 4.79 Å². The third-order valence-electron chi connectivity index (χ3n) is 9.45. The first kappa shape index (κ1) is 49.2. The molecule has 1 unspecified atom stereocenters. The number of nitrogens with zero attached hydrogens (tertiary/aromatic N) is 1. The highest BCUT2D eigenvalue weighted by Gasteiger charge is 2.15. The van der Waals surface area contributed by atoms with Crippen molar-refractivity contribution in [2.75, 3.05) is 59.3 Å². The van der Waals surface area contributed by atoms with Gasteiger partial charge >= 0.3 is 5.97 Å². The number of ether oxygens (including phenoxy) is 4. The molecule has 0 bridgehead atoms. The molecular weight excluding hydrogens is 630 g/mol. The lowest BCUT2D eigenvalue weighted by molar-refractivity contribution is -0.156. The van der Waals surface area contributed by atoms with Gasteiger partial charge in [-0.1, -0.05) is 136 Å². The molecule has 0 saturated carbocycles. The number of esters is 1. The number of unbranched alkanes of at least 4 members (excludes halogenated alkanes) is 20. The maximum absolute atomic E-state index is 12.6. The first-order valence-corrected chi connectivity index (χ1v) is 21.5. The number of aliphatic hydroxyl groups excluding tert-OH is 2. The minimum atomic E-state index is -0.610. The van der Waals surface area contributed by atoms with E-state index in [-0.39, 0.29) is 18.7 Å². The fourth-order valence-electron chi connectivity index (χ4n) is 6.21. The second-order valence-corrected chi connectivity index (χ2v) is 14.5. The predicted molar refractivity (Wildman–Crippen MR) is 209 cm³/mol. The van der Waals surface area contributed by atoms with Crippen LogP contribution >= 0.6 is 0 Å². The maximum atomic E-state index is 12.6. The minimum Gasteiger partial charge on any atom is -0.457 e. The van der Waals surface area contributed by atoms with E-state index in [4.69, 9.17) is 18.9 Å². The Bertz CT molecular complexity index is 652. The molecule has 2 N–H and O–H groups in total. The lowest BCUT2D eigenvalue weighted by Crippen LogP contribution is -2.29. The average molecular weight is 716 g/mol. The summed E-state index contributed by atoms with van der Waals surface area (Å²) in [7, 11) is 0. The van der Waals surface area contributed by atoms with E-state index in [2.05, 4.69) is 25.7 Å². The van der Waals surface area contributed by atoms with Crippen LogP contribution in [-0.4, -0.2) is 92.8 Å². The summed E-state index contributed by atoms with van der Waals surface area (Å²) in [6.45, 7) is 12.6. The van der Waals surface area contributed by atoms with E-state index in [1.54, 1.807) is 0 Å². The highest BCUT2D eigenvalue weighted by molar-refractivity contribution is 5.69. The normalized spacial score (nSPS) is 12.4. The average Bonchev–Trinajstić information content (AvgIpc) is 3.11. The van der Waals surface area contributed by atoms with Crippen molar-refractivity contribution in [3.63, 3.8) is 0 Å². The van der Waals surface area contributed by atoms with E-state index in [1.165, 1.54) is 89.9 Å². The summed E-state index contributed by atoms with van der Waals surface area (Å²) < 4.78 is 23.0. The van der Waals surface area contributed by atoms with Gasteiger partial charge in [-0.15, -0.1) is 0 Å². The van der Waals surface area contributed by atoms with Crippen LogP contribution in [0.25, 0.3) is 0 Å². The van der Waals surface area contributed by atoms with Gasteiger partial charge in [0.15, 0.2) is 6.29 Å². The zero-order valence-corrected chi connectivity index (χ0v) is 33.5. The molecule has 0 heterocycles. The molecule has 8 heteroatoms. The van der Waals surface area contributed by atoms with Crippen molar-refractivity contribution in [1.29, 1.82) is 0 Å². The predicted octanol–water partition coefficient (Wildman–Crippen LogP) is 10.2. The van der Waals surface area contributed by atoms with Crippen molar-refractivity contribution in [2.45, 2.75) is 207 Å². The van der Waals surface area contributed by atoms with Crippen LogP contribution in [0.1, 0.15) is 194 Å². The Kier molecular flexibility index (Phi) is 40.4. The zero-order valence-electron chi connectivity index (χ0n) is 33.5. The first-order chi connectivity index (χ1) is 24.6. The molecule has 0 aromatic carbocycles. The summed E-state index contributed by atoms with van der Waals surface area (Å²) in [5.74, 6) is -0.142. The molecule has 0 spiro atoms. The standard InChI is InChI=1S/C42H85NO7/c1-4-7-10-13-14-21-28-37-49-41(45)29-22-17-15-19-24-31-43(33-34-44)32-25-20-16-18-23-30-42(46)50-40(38-47-35-26-11-8-5-2)39-48-36-27-12-9-6-3/h40-41,44-45H,4-39H2,1-3H3. The molecule has 0 radical (unpaired) electrons. The van der Waals surface area contributed by atoms with Gasteiger partial charge in [0.2, 0.25) is 0 Å². The zero-order chi connectivity index (χ0) is 36.6. The van der Waals surface area contributed by atoms with Crippen LogP contribution in [0.2, 0.25) is 0 Å². The molecule has 0 fully saturated rings. The van der Waals surface area contributed by atoms with Gasteiger partial charge in [-0.25, -0.2) is 0 Å². The fourth-order valence-corrected chi connectivity index (χ4v) is 6.21. The van der Waals surface area contributed by atoms with E-state index in [9.17, 15) is 15.0 Å². The lowest BCUT2D eigenvalue weighted by atomic mass is 10.1. The molecule has 300 valence electrons. The van der Waals surface area contributed by atoms with Crippen molar-refractivity contribution >= 4 is 5.97 Å². The summed E-state index contributed by atoms with van der Waals surface area (Å²) in [4.78, 5) is 15.0. The Hall–Kier alpha value is -0.770. The van der Waals surface area contributed by atoms with Gasteiger partial charge in [-0.05, 0) is 64.5 Å². The van der Waals surface area contributed by atoms with Crippen molar-refractivity contribution in [2.24, 2.45) is 0 Å². The minimum absolute atomic E-state index is 0.142. The number of carbonyl (C=O) groups is 1. The van der Waals surface area contributed by atoms with Crippen LogP contribution in [0.3, 0.4) is 0 Å². The van der Waals surface area contributed by atoms with E-state index < -0.39 is 6.29 Å². The van der Waals surface area contributed by atoms with Crippen LogP contribution in [-0.2, 0) is 23.7 Å². The molecule has 0 aliphatic carbocycles. The van der Waals surface area contributed by atoms with Crippen LogP contribution in [0, 0.1) is 0 Å². The van der Waals surface area contributed by atoms with Gasteiger partial charge < -0.3 is 34.1 Å². The van der Waals surface area contributed by atoms with E-state index in [0.29, 0.717) is 39.5 Å². The molecular formula is C42H85NO7. The number of hydrogen-bond donors (Lipinski definition) is 2. The largest absolute Gasteiger partial charge is 0.457 e. The molecule has 0 aliphatic heterocycles. The third-order valence-corrected chi connectivity index (χ3v) is 9.45. The van der Waals surface area contributed by atoms with Crippen LogP contribution in [0.15, 0.2) is 0 Å². The first-order valence-electron chi connectivity index (χ1n) is 21.5. The highest BCUT2D eigenvalue weighted by Crippen LogP contribution is 2.13. The molecule has 0 aromatic heterocycles. The summed E-state index contributed by atoms with van der Waals surface area (Å²) in [5.41, 5.74) is 0. The molecule has 8 nitrogen and oxygen atoms in total. The Morgan fingerprint density at radius 3 is 1.52 bits per heavy atom. The Balaban J connectivity index is 3.94. The summed E-state index contributed by atoms with van der Waals surface area (Å²) >= 11 is 0. The molecule has 50 heavy (non-hydrogen) atoms. The smallest absolute Gasteiger partial charge is 0.306 e. The SMILES string of the molecule is CCCCCCCCCOC(O)CCCCCCCN(CCO)CCCCCCCC(=O)OC(COCCCCCC)COCCCCCC. The Morgan fingerprint density at radius 1 is 0.540 bits per heavy atom. The molecule has 0 saturated heterocycles. The summed E-state index contributed by atoms with van der Waals surface area (Å²) in [6.07, 6.45) is 29.3. The monoisotopic (exact) mass is 716 g/mol. The van der Waals surface area contributed by atoms with E-state index in [0.717, 1.165) is 96.7 Å². The van der Waals surface area contributed by atoms with Crippen molar-refractivity contribution in [3.8, 4) is 0 Å². The fraction of sp³-hybridized carbons (Fsp3) is 0.976. The lowest BCUT2D eigenvalue weighted by Gasteiger charge is -2.21. The second kappa shape index (κ2) is 41.0. The van der Waals surface area contributed by atoms with Gasteiger partial charge in [0.25, 0.3) is 0 Å². The van der Waals surface area contributed by atoms with E-state index >= 15 is 0 Å². The van der Waals surface area contributed by atoms with Gasteiger partial charge in [0.05, 0.1) is 19.8 Å². The quantitative estimate of drug-likeness (QED) is 0.0366. The van der Waals surface area contributed by atoms with E-state index in [1.807, 2.05) is 0 Å². The summed E-state index contributed by atoms with van der Waals surface area (Å²) in [6, 6.07) is 0. The molecule has 0 aliphatic rings. The van der Waals surface area contributed by atoms with Crippen LogP contribution in [0.4, 0.5) is 0 Å². The van der Waals surface area contributed by atoms with Crippen LogP contribution in [0.5, 0.6) is 0 Å². The molecule has 0 rings (SSSR count). The summed E-state index contributed by atoms with van der Waals surface area (Å²) in [5, 5.41) is 19.6. The maximum Gasteiger partial charge on any atom is 0.306 e. The van der Waals surface area contributed by atoms with Crippen molar-refractivity contribution < 1.29 is 34.0 Å². The van der Waals surface area contributed by atoms with Crippen LogP contribution < -0.4 is 0 Å². The Labute approximate surface area is 310 Å². The number of aliphatic hydroxyl groups is 2. The molecule has 0 amide bonds. The molecule has 0 aromatic rings. The van der Waals surface area contributed by atoms with Crippen molar-refractivity contribution in [1.82, 2.24) is 4.90 Å². The Morgan fingerprint density at radius 2 is 0.980 bits per heavy atom.